The molecule has 4 rings (SSSR count). The van der Waals surface area contributed by atoms with Gasteiger partial charge in [-0.2, -0.15) is 0 Å². The topological polar surface area (TPSA) is 106 Å². The summed E-state index contributed by atoms with van der Waals surface area (Å²) in [7, 11) is 0. The second-order valence-corrected chi connectivity index (χ2v) is 6.88. The Labute approximate surface area is 172 Å². The monoisotopic (exact) mass is 408 g/mol. The number of benzene rings is 1. The molecular formula is C22H20N2O6. The Morgan fingerprint density at radius 1 is 1.20 bits per heavy atom. The van der Waals surface area contributed by atoms with Crippen molar-refractivity contribution in [1.29, 1.82) is 0 Å². The van der Waals surface area contributed by atoms with Crippen LogP contribution in [0.2, 0.25) is 0 Å². The number of aryl methyl sites for hydroxylation is 2. The highest BCUT2D eigenvalue weighted by Gasteiger charge is 2.46. The van der Waals surface area contributed by atoms with Gasteiger partial charge in [0.25, 0.3) is 5.91 Å². The molecule has 2 aromatic heterocycles. The van der Waals surface area contributed by atoms with Crippen LogP contribution >= 0.6 is 0 Å². The Kier molecular flexibility index (Phi) is 4.91. The zero-order chi connectivity index (χ0) is 21.4. The van der Waals surface area contributed by atoms with E-state index in [0.29, 0.717) is 29.4 Å². The first-order valence-corrected chi connectivity index (χ1v) is 9.44. The van der Waals surface area contributed by atoms with Gasteiger partial charge in [0.1, 0.15) is 17.3 Å². The van der Waals surface area contributed by atoms with Crippen LogP contribution in [0.15, 0.2) is 62.7 Å². The fourth-order valence-corrected chi connectivity index (χ4v) is 3.49. The molecule has 1 amide bonds. The molecule has 1 aliphatic heterocycles. The van der Waals surface area contributed by atoms with Gasteiger partial charge in [-0.3, -0.25) is 14.5 Å². The number of aliphatic hydroxyl groups is 1. The van der Waals surface area contributed by atoms with Gasteiger partial charge in [0.05, 0.1) is 18.2 Å². The summed E-state index contributed by atoms with van der Waals surface area (Å²) < 4.78 is 16.1. The lowest BCUT2D eigenvalue weighted by Crippen LogP contribution is -2.31. The maximum Gasteiger partial charge on any atom is 0.295 e. The Bertz CT molecular complexity index is 1160. The van der Waals surface area contributed by atoms with Crippen molar-refractivity contribution < 1.29 is 28.4 Å². The third kappa shape index (κ3) is 3.26. The van der Waals surface area contributed by atoms with E-state index in [9.17, 15) is 14.7 Å². The number of anilines is 1. The van der Waals surface area contributed by atoms with Crippen LogP contribution in [0.5, 0.6) is 5.75 Å². The number of carbonyl (C=O) groups excluding carboxylic acids is 2. The first-order valence-electron chi connectivity index (χ1n) is 9.44. The average Bonchev–Trinajstić information content (AvgIpc) is 3.41. The predicted molar refractivity (Wildman–Crippen MR) is 107 cm³/mol. The molecule has 0 saturated heterocycles. The number of rotatable bonds is 6. The highest BCUT2D eigenvalue weighted by molar-refractivity contribution is 6.20. The smallest absolute Gasteiger partial charge is 0.295 e. The molecule has 1 N–H and O–H groups in total. The van der Waals surface area contributed by atoms with E-state index in [1.54, 1.807) is 50.2 Å². The molecule has 0 aliphatic carbocycles. The summed E-state index contributed by atoms with van der Waals surface area (Å²) in [6.45, 7) is 5.71. The molecule has 1 aromatic carbocycles. The standard InChI is InChI=1S/C22H20N2O6/c1-4-28-15-7-5-6-14(11-15)19-18(20(25)16-9-8-12(2)29-16)21(26)22(27)24(19)17-10-13(3)30-23-17/h5-11,19,26H,4H2,1-3H3. The van der Waals surface area contributed by atoms with Crippen molar-refractivity contribution in [2.75, 3.05) is 11.5 Å². The van der Waals surface area contributed by atoms with Crippen LogP contribution in [0.25, 0.3) is 0 Å². The third-order valence-electron chi connectivity index (χ3n) is 4.76. The van der Waals surface area contributed by atoms with E-state index >= 15 is 0 Å². The summed E-state index contributed by atoms with van der Waals surface area (Å²) in [6.07, 6.45) is 0. The number of ether oxygens (including phenoxy) is 1. The number of Topliss-reactive ketones (excluding diaryl/α,β-unsaturated/α-hetero) is 1. The number of furan rings is 1. The Balaban J connectivity index is 1.87. The minimum absolute atomic E-state index is 0.0333. The molecule has 0 spiro atoms. The van der Waals surface area contributed by atoms with Crippen molar-refractivity contribution in [3.05, 3.63) is 76.6 Å². The molecule has 1 atom stereocenters. The number of hydrogen-bond acceptors (Lipinski definition) is 7. The minimum atomic E-state index is -0.930. The van der Waals surface area contributed by atoms with Crippen molar-refractivity contribution in [3.63, 3.8) is 0 Å². The van der Waals surface area contributed by atoms with E-state index < -0.39 is 23.5 Å². The van der Waals surface area contributed by atoms with E-state index in [0.717, 1.165) is 0 Å². The van der Waals surface area contributed by atoms with E-state index in [1.807, 2.05) is 6.92 Å². The molecule has 8 nitrogen and oxygen atoms in total. The molecule has 3 aromatic rings. The fourth-order valence-electron chi connectivity index (χ4n) is 3.49. The van der Waals surface area contributed by atoms with Crippen LogP contribution in [0.4, 0.5) is 5.82 Å². The lowest BCUT2D eigenvalue weighted by atomic mass is 9.95. The summed E-state index contributed by atoms with van der Waals surface area (Å²) in [6, 6.07) is 10.8. The normalized spacial score (nSPS) is 16.4. The Morgan fingerprint density at radius 2 is 2.00 bits per heavy atom. The number of nitrogens with zero attached hydrogens (tertiary/aromatic N) is 2. The number of amides is 1. The SMILES string of the molecule is CCOc1cccc(C2C(C(=O)c3ccc(C)o3)=C(O)C(=O)N2c2cc(C)on2)c1. The highest BCUT2D eigenvalue weighted by Crippen LogP contribution is 2.42. The van der Waals surface area contributed by atoms with Crippen LogP contribution < -0.4 is 9.64 Å². The number of ketones is 1. The fraction of sp³-hybridized carbons (Fsp3) is 0.227. The number of aromatic nitrogens is 1. The summed E-state index contributed by atoms with van der Waals surface area (Å²) in [5, 5.41) is 14.6. The Hall–Kier alpha value is -3.81. The molecule has 0 saturated carbocycles. The molecular weight excluding hydrogens is 388 g/mol. The second-order valence-electron chi connectivity index (χ2n) is 6.88. The van der Waals surface area contributed by atoms with Crippen molar-refractivity contribution >= 4 is 17.5 Å². The zero-order valence-electron chi connectivity index (χ0n) is 16.7. The molecule has 154 valence electrons. The first-order chi connectivity index (χ1) is 14.4. The quantitative estimate of drug-likeness (QED) is 0.613. The molecule has 0 bridgehead atoms. The minimum Gasteiger partial charge on any atom is -0.503 e. The maximum absolute atomic E-state index is 13.2. The van der Waals surface area contributed by atoms with Crippen molar-refractivity contribution in [3.8, 4) is 5.75 Å². The second kappa shape index (κ2) is 7.55. The molecule has 0 radical (unpaired) electrons. The van der Waals surface area contributed by atoms with Gasteiger partial charge in [-0.25, -0.2) is 0 Å². The average molecular weight is 408 g/mol. The van der Waals surface area contributed by atoms with E-state index in [4.69, 9.17) is 13.7 Å². The first kappa shape index (κ1) is 19.5. The molecule has 0 fully saturated rings. The molecule has 3 heterocycles. The van der Waals surface area contributed by atoms with Crippen LogP contribution in [-0.2, 0) is 4.79 Å². The summed E-state index contributed by atoms with van der Waals surface area (Å²) in [4.78, 5) is 27.4. The van der Waals surface area contributed by atoms with Crippen molar-refractivity contribution in [2.24, 2.45) is 0 Å². The Morgan fingerprint density at radius 3 is 2.63 bits per heavy atom. The van der Waals surface area contributed by atoms with Crippen LogP contribution in [0.3, 0.4) is 0 Å². The van der Waals surface area contributed by atoms with Gasteiger partial charge in [-0.1, -0.05) is 17.3 Å². The summed E-state index contributed by atoms with van der Waals surface area (Å²) in [5.41, 5.74) is 0.481. The van der Waals surface area contributed by atoms with Gasteiger partial charge in [0.15, 0.2) is 17.3 Å². The zero-order valence-corrected chi connectivity index (χ0v) is 16.7. The van der Waals surface area contributed by atoms with Gasteiger partial charge >= 0.3 is 0 Å². The van der Waals surface area contributed by atoms with E-state index in [1.165, 1.54) is 11.0 Å². The number of hydrogen-bond donors (Lipinski definition) is 1. The van der Waals surface area contributed by atoms with Gasteiger partial charge < -0.3 is 18.8 Å². The van der Waals surface area contributed by atoms with Crippen molar-refractivity contribution in [2.45, 2.75) is 26.8 Å². The van der Waals surface area contributed by atoms with E-state index in [2.05, 4.69) is 5.16 Å². The predicted octanol–water partition coefficient (Wildman–Crippen LogP) is 4.07. The molecule has 30 heavy (non-hydrogen) atoms. The number of carbonyl (C=O) groups is 2. The van der Waals surface area contributed by atoms with Gasteiger partial charge in [-0.15, -0.1) is 0 Å². The summed E-state index contributed by atoms with van der Waals surface area (Å²) in [5.74, 6) is -0.153. The molecule has 1 aliphatic rings. The van der Waals surface area contributed by atoms with Crippen molar-refractivity contribution in [1.82, 2.24) is 5.16 Å². The maximum atomic E-state index is 13.2. The lowest BCUT2D eigenvalue weighted by Gasteiger charge is -2.24. The molecule has 8 heteroatoms. The van der Waals surface area contributed by atoms with Crippen LogP contribution in [0, 0.1) is 13.8 Å². The third-order valence-corrected chi connectivity index (χ3v) is 4.76. The van der Waals surface area contributed by atoms with Gasteiger partial charge in [-0.05, 0) is 50.6 Å². The van der Waals surface area contributed by atoms with Crippen LogP contribution in [0.1, 0.15) is 40.6 Å². The van der Waals surface area contributed by atoms with Crippen LogP contribution in [-0.4, -0.2) is 28.6 Å². The van der Waals surface area contributed by atoms with Gasteiger partial charge in [0.2, 0.25) is 5.78 Å². The number of aliphatic hydroxyl groups excluding tert-OH is 1. The lowest BCUT2D eigenvalue weighted by molar-refractivity contribution is -0.117. The molecule has 1 unspecified atom stereocenters. The highest BCUT2D eigenvalue weighted by atomic mass is 16.5. The largest absolute Gasteiger partial charge is 0.503 e. The van der Waals surface area contributed by atoms with Gasteiger partial charge in [0, 0.05) is 6.07 Å². The summed E-state index contributed by atoms with van der Waals surface area (Å²) >= 11 is 0. The van der Waals surface area contributed by atoms with E-state index in [-0.39, 0.29) is 17.2 Å².